The summed E-state index contributed by atoms with van der Waals surface area (Å²) in [6, 6.07) is 7.99. The van der Waals surface area contributed by atoms with Crippen LogP contribution in [0.15, 0.2) is 24.3 Å². The Morgan fingerprint density at radius 2 is 2.16 bits per heavy atom. The summed E-state index contributed by atoms with van der Waals surface area (Å²) in [7, 11) is 0. The van der Waals surface area contributed by atoms with E-state index in [1.165, 1.54) is 6.92 Å². The molecule has 3 N–H and O–H groups in total. The molecule has 4 nitrogen and oxygen atoms in total. The lowest BCUT2D eigenvalue weighted by Gasteiger charge is -2.16. The number of amides is 1. The van der Waals surface area contributed by atoms with E-state index in [1.807, 2.05) is 31.2 Å². The van der Waals surface area contributed by atoms with E-state index < -0.39 is 0 Å². The van der Waals surface area contributed by atoms with Gasteiger partial charge in [0.05, 0.1) is 6.10 Å². The van der Waals surface area contributed by atoms with E-state index in [0.29, 0.717) is 0 Å². The fourth-order valence-electron chi connectivity index (χ4n) is 1.88. The molecule has 0 saturated heterocycles. The van der Waals surface area contributed by atoms with Gasteiger partial charge in [-0.25, -0.2) is 0 Å². The summed E-state index contributed by atoms with van der Waals surface area (Å²) >= 11 is 0. The molecule has 1 aromatic carbocycles. The highest BCUT2D eigenvalue weighted by atomic mass is 16.3. The molecule has 0 saturated carbocycles. The molecule has 2 atom stereocenters. The molecule has 19 heavy (non-hydrogen) atoms. The van der Waals surface area contributed by atoms with Crippen molar-refractivity contribution in [1.29, 1.82) is 0 Å². The van der Waals surface area contributed by atoms with Gasteiger partial charge in [-0.05, 0) is 44.0 Å². The number of benzene rings is 1. The highest BCUT2D eigenvalue weighted by Gasteiger charge is 2.07. The fraction of sp³-hybridized carbons (Fsp3) is 0.533. The lowest BCUT2D eigenvalue weighted by Crippen LogP contribution is -2.23. The monoisotopic (exact) mass is 264 g/mol. The maximum absolute atomic E-state index is 11.0. The molecule has 0 aliphatic carbocycles. The Balaban J connectivity index is 2.51. The summed E-state index contributed by atoms with van der Waals surface area (Å²) in [6.07, 6.45) is 1.31. The van der Waals surface area contributed by atoms with Crippen LogP contribution in [0, 0.1) is 0 Å². The van der Waals surface area contributed by atoms with E-state index in [0.717, 1.165) is 30.6 Å². The Labute approximate surface area is 115 Å². The molecule has 1 amide bonds. The summed E-state index contributed by atoms with van der Waals surface area (Å²) < 4.78 is 0. The average molecular weight is 264 g/mol. The van der Waals surface area contributed by atoms with Crippen molar-refractivity contribution in [2.45, 2.75) is 45.8 Å². The second kappa shape index (κ2) is 7.92. The molecule has 1 rings (SSSR count). The van der Waals surface area contributed by atoms with E-state index >= 15 is 0 Å². The summed E-state index contributed by atoms with van der Waals surface area (Å²) in [5.41, 5.74) is 1.93. The van der Waals surface area contributed by atoms with Gasteiger partial charge in [0, 0.05) is 18.7 Å². The van der Waals surface area contributed by atoms with Crippen LogP contribution < -0.4 is 10.6 Å². The Morgan fingerprint density at radius 1 is 1.42 bits per heavy atom. The fourth-order valence-corrected chi connectivity index (χ4v) is 1.88. The molecular weight excluding hydrogens is 240 g/mol. The molecule has 0 aliphatic heterocycles. The second-order valence-electron chi connectivity index (χ2n) is 4.83. The summed E-state index contributed by atoms with van der Waals surface area (Å²) in [5, 5.41) is 15.6. The minimum atomic E-state index is -0.231. The van der Waals surface area contributed by atoms with Crippen LogP contribution in [0.1, 0.15) is 45.2 Å². The smallest absolute Gasteiger partial charge is 0.221 e. The Hall–Kier alpha value is -1.39. The van der Waals surface area contributed by atoms with Crippen molar-refractivity contribution in [3.05, 3.63) is 29.8 Å². The van der Waals surface area contributed by atoms with Gasteiger partial charge in [-0.1, -0.05) is 19.1 Å². The minimum absolute atomic E-state index is 0.0659. The van der Waals surface area contributed by atoms with Crippen LogP contribution in [0.5, 0.6) is 0 Å². The molecule has 0 aliphatic rings. The Morgan fingerprint density at radius 3 is 2.79 bits per heavy atom. The number of hydrogen-bond acceptors (Lipinski definition) is 3. The predicted molar refractivity (Wildman–Crippen MR) is 78.1 cm³/mol. The van der Waals surface area contributed by atoms with E-state index in [2.05, 4.69) is 17.6 Å². The number of aliphatic hydroxyl groups excluding tert-OH is 1. The quantitative estimate of drug-likeness (QED) is 0.709. The number of nitrogens with one attached hydrogen (secondary N) is 2. The van der Waals surface area contributed by atoms with Crippen molar-refractivity contribution in [3.8, 4) is 0 Å². The van der Waals surface area contributed by atoms with E-state index in [-0.39, 0.29) is 18.1 Å². The summed E-state index contributed by atoms with van der Waals surface area (Å²) in [6.45, 7) is 6.33. The summed E-state index contributed by atoms with van der Waals surface area (Å²) in [4.78, 5) is 11.0. The maximum Gasteiger partial charge on any atom is 0.221 e. The van der Waals surface area contributed by atoms with Crippen molar-refractivity contribution in [3.63, 3.8) is 0 Å². The second-order valence-corrected chi connectivity index (χ2v) is 4.83. The predicted octanol–water partition coefficient (Wildman–Crippen LogP) is 2.46. The highest BCUT2D eigenvalue weighted by Crippen LogP contribution is 2.17. The normalized spacial score (nSPS) is 13.9. The number of aliphatic hydroxyl groups is 1. The van der Waals surface area contributed by atoms with Crippen molar-refractivity contribution in [1.82, 2.24) is 5.32 Å². The van der Waals surface area contributed by atoms with Crippen molar-refractivity contribution >= 4 is 11.6 Å². The zero-order chi connectivity index (χ0) is 14.3. The number of anilines is 1. The molecule has 106 valence electrons. The van der Waals surface area contributed by atoms with Crippen molar-refractivity contribution < 1.29 is 9.90 Å². The van der Waals surface area contributed by atoms with Gasteiger partial charge in [-0.2, -0.15) is 0 Å². The third-order valence-electron chi connectivity index (χ3n) is 3.11. The van der Waals surface area contributed by atoms with Crippen LogP contribution in [0.2, 0.25) is 0 Å². The van der Waals surface area contributed by atoms with E-state index in [1.54, 1.807) is 0 Å². The first-order valence-electron chi connectivity index (χ1n) is 6.82. The van der Waals surface area contributed by atoms with Gasteiger partial charge in [0.1, 0.15) is 0 Å². The van der Waals surface area contributed by atoms with Crippen molar-refractivity contribution in [2.75, 3.05) is 11.9 Å². The first-order chi connectivity index (χ1) is 9.02. The molecule has 2 unspecified atom stereocenters. The van der Waals surface area contributed by atoms with Crippen molar-refractivity contribution in [2.24, 2.45) is 0 Å². The minimum Gasteiger partial charge on any atom is -0.393 e. The molecular formula is C15H24N2O2. The number of carbonyl (C=O) groups is 1. The van der Waals surface area contributed by atoms with Gasteiger partial charge in [0.15, 0.2) is 0 Å². The molecule has 0 fully saturated rings. The van der Waals surface area contributed by atoms with Crippen LogP contribution in [0.3, 0.4) is 0 Å². The van der Waals surface area contributed by atoms with Gasteiger partial charge in [-0.3, -0.25) is 4.79 Å². The zero-order valence-electron chi connectivity index (χ0n) is 11.9. The third kappa shape index (κ3) is 5.85. The van der Waals surface area contributed by atoms with Crippen LogP contribution in [-0.4, -0.2) is 23.7 Å². The molecule has 0 spiro atoms. The first-order valence-corrected chi connectivity index (χ1v) is 6.82. The molecule has 1 aromatic rings. The number of hydrogen-bond donors (Lipinski definition) is 3. The lowest BCUT2D eigenvalue weighted by atomic mass is 10.1. The molecule has 0 aromatic heterocycles. The zero-order valence-corrected chi connectivity index (χ0v) is 11.9. The van der Waals surface area contributed by atoms with E-state index in [4.69, 9.17) is 0 Å². The third-order valence-corrected chi connectivity index (χ3v) is 3.11. The van der Waals surface area contributed by atoms with Gasteiger partial charge >= 0.3 is 0 Å². The van der Waals surface area contributed by atoms with Gasteiger partial charge in [0.25, 0.3) is 0 Å². The van der Waals surface area contributed by atoms with Gasteiger partial charge < -0.3 is 15.7 Å². The Bertz CT molecular complexity index is 407. The van der Waals surface area contributed by atoms with Crippen LogP contribution >= 0.6 is 0 Å². The average Bonchev–Trinajstić information content (AvgIpc) is 2.37. The highest BCUT2D eigenvalue weighted by molar-refractivity contribution is 5.88. The Kier molecular flexibility index (Phi) is 6.53. The largest absolute Gasteiger partial charge is 0.393 e. The van der Waals surface area contributed by atoms with E-state index in [9.17, 15) is 9.90 Å². The molecule has 0 radical (unpaired) electrons. The van der Waals surface area contributed by atoms with Crippen LogP contribution in [-0.2, 0) is 4.79 Å². The number of carbonyl (C=O) groups excluding carboxylic acids is 1. The topological polar surface area (TPSA) is 61.4 Å². The standard InChI is InChI=1S/C15H24N2O2/c1-4-15(19)8-9-16-11(2)13-6-5-7-14(10-13)17-12(3)18/h5-7,10-11,15-16,19H,4,8-9H2,1-3H3,(H,17,18). The van der Waals surface area contributed by atoms with Crippen LogP contribution in [0.25, 0.3) is 0 Å². The van der Waals surface area contributed by atoms with Gasteiger partial charge in [-0.15, -0.1) is 0 Å². The van der Waals surface area contributed by atoms with Crippen LogP contribution in [0.4, 0.5) is 5.69 Å². The lowest BCUT2D eigenvalue weighted by molar-refractivity contribution is -0.114. The SMILES string of the molecule is CCC(O)CCNC(C)c1cccc(NC(C)=O)c1. The number of rotatable bonds is 7. The maximum atomic E-state index is 11.0. The first kappa shape index (κ1) is 15.7. The van der Waals surface area contributed by atoms with Gasteiger partial charge in [0.2, 0.25) is 5.91 Å². The summed E-state index contributed by atoms with van der Waals surface area (Å²) in [5.74, 6) is -0.0659. The molecule has 0 bridgehead atoms. The molecule has 4 heteroatoms. The molecule has 0 heterocycles.